The number of nitrogens with one attached hydrogen (secondary N) is 1. The number of ether oxygens (including phenoxy) is 2. The van der Waals surface area contributed by atoms with Crippen molar-refractivity contribution in [3.05, 3.63) is 11.9 Å². The number of hydrogen-bond donors (Lipinski definition) is 1. The van der Waals surface area contributed by atoms with E-state index in [1.807, 2.05) is 17.8 Å². The molecule has 1 heterocycles. The monoisotopic (exact) mass is 480 g/mol. The van der Waals surface area contributed by atoms with Gasteiger partial charge in [0.1, 0.15) is 0 Å². The van der Waals surface area contributed by atoms with Crippen molar-refractivity contribution in [3.63, 3.8) is 0 Å². The molecule has 1 amide bonds. The van der Waals surface area contributed by atoms with Crippen molar-refractivity contribution in [2.75, 3.05) is 19.8 Å². The van der Waals surface area contributed by atoms with E-state index in [0.717, 1.165) is 31.5 Å². The van der Waals surface area contributed by atoms with Crippen LogP contribution in [0.15, 0.2) is 6.20 Å². The maximum atomic E-state index is 12.4. The average molecular weight is 481 g/mol. The zero-order valence-corrected chi connectivity index (χ0v) is 23.7. The summed E-state index contributed by atoms with van der Waals surface area (Å²) in [6, 6.07) is 0. The number of carbonyl (C=O) groups is 1. The highest BCUT2D eigenvalue weighted by atomic mass is 16.5. The molecule has 1 aromatic heterocycles. The van der Waals surface area contributed by atoms with Crippen molar-refractivity contribution in [2.24, 2.45) is 10.8 Å². The third-order valence-electron chi connectivity index (χ3n) is 6.00. The highest BCUT2D eigenvalue weighted by Crippen LogP contribution is 2.27. The van der Waals surface area contributed by atoms with Crippen LogP contribution in [0.3, 0.4) is 0 Å². The van der Waals surface area contributed by atoms with Crippen LogP contribution in [0, 0.1) is 10.8 Å². The van der Waals surface area contributed by atoms with E-state index in [4.69, 9.17) is 9.47 Å². The van der Waals surface area contributed by atoms with E-state index in [9.17, 15) is 4.79 Å². The number of aromatic nitrogens is 3. The van der Waals surface area contributed by atoms with E-state index in [1.54, 1.807) is 0 Å². The van der Waals surface area contributed by atoms with Crippen LogP contribution < -0.4 is 5.32 Å². The van der Waals surface area contributed by atoms with E-state index < -0.39 is 0 Å². The van der Waals surface area contributed by atoms with Crippen LogP contribution in [0.2, 0.25) is 0 Å². The van der Waals surface area contributed by atoms with Gasteiger partial charge in [0, 0.05) is 44.1 Å². The number of rotatable bonds is 16. The summed E-state index contributed by atoms with van der Waals surface area (Å²) in [5.74, 6) is 0.0320. The standard InChI is InChI=1S/C27H52N4O3/c1-11-33-27(9,10)17-18-31-19-22(29-30-31)13-14-23(32)28-20-25(5,6)21-34-26(7,8)16-12-15-24(2,3)4/h19H,11-18,20-21H2,1-10H3,(H,28,32). The molecule has 0 aromatic carbocycles. The second kappa shape index (κ2) is 13.0. The second-order valence-corrected chi connectivity index (χ2v) is 12.8. The summed E-state index contributed by atoms with van der Waals surface area (Å²) in [4.78, 5) is 12.4. The van der Waals surface area contributed by atoms with Crippen molar-refractivity contribution in [1.29, 1.82) is 0 Å². The van der Waals surface area contributed by atoms with Gasteiger partial charge in [-0.05, 0) is 59.3 Å². The summed E-state index contributed by atoms with van der Waals surface area (Å²) in [5.41, 5.74) is 0.723. The molecule has 0 fully saturated rings. The molecule has 0 unspecified atom stereocenters. The molecule has 1 rings (SSSR count). The Morgan fingerprint density at radius 3 is 2.24 bits per heavy atom. The third kappa shape index (κ3) is 14.1. The molecule has 0 bridgehead atoms. The molecule has 34 heavy (non-hydrogen) atoms. The van der Waals surface area contributed by atoms with E-state index in [2.05, 4.69) is 77.9 Å². The Morgan fingerprint density at radius 1 is 0.971 bits per heavy atom. The van der Waals surface area contributed by atoms with Crippen LogP contribution in [-0.2, 0) is 27.2 Å². The molecule has 0 saturated heterocycles. The van der Waals surface area contributed by atoms with Crippen molar-refractivity contribution in [2.45, 2.75) is 126 Å². The summed E-state index contributed by atoms with van der Waals surface area (Å²) < 4.78 is 13.8. The van der Waals surface area contributed by atoms with Crippen molar-refractivity contribution < 1.29 is 14.3 Å². The Balaban J connectivity index is 2.34. The zero-order chi connectivity index (χ0) is 26.0. The molecule has 0 aliphatic rings. The molecule has 0 saturated carbocycles. The normalized spacial score (nSPS) is 13.4. The van der Waals surface area contributed by atoms with Crippen molar-refractivity contribution in [3.8, 4) is 0 Å². The van der Waals surface area contributed by atoms with Crippen LogP contribution in [0.4, 0.5) is 0 Å². The summed E-state index contributed by atoms with van der Waals surface area (Å²) in [6.45, 7) is 24.2. The molecule has 1 N–H and O–H groups in total. The first-order valence-electron chi connectivity index (χ1n) is 13.0. The van der Waals surface area contributed by atoms with Gasteiger partial charge in [-0.25, -0.2) is 0 Å². The second-order valence-electron chi connectivity index (χ2n) is 12.8. The molecule has 198 valence electrons. The predicted molar refractivity (Wildman–Crippen MR) is 139 cm³/mol. The predicted octanol–water partition coefficient (Wildman–Crippen LogP) is 5.57. The summed E-state index contributed by atoms with van der Waals surface area (Å²) >= 11 is 0. The van der Waals surface area contributed by atoms with Gasteiger partial charge in [0.15, 0.2) is 0 Å². The van der Waals surface area contributed by atoms with E-state index >= 15 is 0 Å². The molecule has 0 radical (unpaired) electrons. The van der Waals surface area contributed by atoms with Gasteiger partial charge in [0.2, 0.25) is 5.91 Å². The molecule has 7 nitrogen and oxygen atoms in total. The lowest BCUT2D eigenvalue weighted by atomic mass is 9.87. The van der Waals surface area contributed by atoms with Gasteiger partial charge >= 0.3 is 0 Å². The Bertz CT molecular complexity index is 732. The van der Waals surface area contributed by atoms with Gasteiger partial charge in [-0.3, -0.25) is 9.48 Å². The van der Waals surface area contributed by atoms with E-state index in [0.29, 0.717) is 38.0 Å². The fraction of sp³-hybridized carbons (Fsp3) is 0.889. The van der Waals surface area contributed by atoms with Crippen molar-refractivity contribution >= 4 is 5.91 Å². The van der Waals surface area contributed by atoms with Crippen LogP contribution in [0.25, 0.3) is 0 Å². The minimum atomic E-state index is -0.182. The molecule has 0 atom stereocenters. The highest BCUT2D eigenvalue weighted by molar-refractivity contribution is 5.76. The quantitative estimate of drug-likeness (QED) is 0.335. The summed E-state index contributed by atoms with van der Waals surface area (Å²) in [5, 5.41) is 11.5. The molecule has 0 aliphatic carbocycles. The first-order valence-corrected chi connectivity index (χ1v) is 13.0. The van der Waals surface area contributed by atoms with E-state index in [1.165, 1.54) is 6.42 Å². The molecular formula is C27H52N4O3. The van der Waals surface area contributed by atoms with Crippen LogP contribution in [-0.4, -0.2) is 51.9 Å². The number of nitrogens with zero attached hydrogens (tertiary/aromatic N) is 3. The van der Waals surface area contributed by atoms with Crippen LogP contribution in [0.5, 0.6) is 0 Å². The Labute approximate surface area is 208 Å². The first kappa shape index (κ1) is 30.6. The number of carbonyl (C=O) groups excluding carboxylic acids is 1. The van der Waals surface area contributed by atoms with Crippen LogP contribution >= 0.6 is 0 Å². The number of amides is 1. The lowest BCUT2D eigenvalue weighted by Gasteiger charge is -2.33. The van der Waals surface area contributed by atoms with Gasteiger partial charge in [-0.2, -0.15) is 0 Å². The maximum absolute atomic E-state index is 12.4. The third-order valence-corrected chi connectivity index (χ3v) is 6.00. The van der Waals surface area contributed by atoms with Gasteiger partial charge in [-0.1, -0.05) is 46.3 Å². The Kier molecular flexibility index (Phi) is 11.7. The average Bonchev–Trinajstić information content (AvgIpc) is 3.15. The molecule has 0 aliphatic heterocycles. The van der Waals surface area contributed by atoms with E-state index in [-0.39, 0.29) is 22.5 Å². The van der Waals surface area contributed by atoms with Crippen LogP contribution in [0.1, 0.15) is 107 Å². The minimum Gasteiger partial charge on any atom is -0.376 e. The molecule has 1 aromatic rings. The van der Waals surface area contributed by atoms with Gasteiger partial charge in [-0.15, -0.1) is 5.10 Å². The van der Waals surface area contributed by atoms with Gasteiger partial charge in [0.25, 0.3) is 0 Å². The van der Waals surface area contributed by atoms with Crippen molar-refractivity contribution in [1.82, 2.24) is 20.3 Å². The SMILES string of the molecule is CCOC(C)(C)CCn1cc(CCC(=O)NCC(C)(C)COC(C)(C)CCCC(C)(C)C)nn1. The zero-order valence-electron chi connectivity index (χ0n) is 23.7. The number of aryl methyl sites for hydroxylation is 2. The topological polar surface area (TPSA) is 78.3 Å². The molecule has 7 heteroatoms. The molecule has 0 spiro atoms. The fourth-order valence-electron chi connectivity index (χ4n) is 3.64. The minimum absolute atomic E-state index is 0.0320. The smallest absolute Gasteiger partial charge is 0.220 e. The highest BCUT2D eigenvalue weighted by Gasteiger charge is 2.26. The Morgan fingerprint density at radius 2 is 1.62 bits per heavy atom. The number of hydrogen-bond acceptors (Lipinski definition) is 5. The Hall–Kier alpha value is -1.47. The largest absolute Gasteiger partial charge is 0.376 e. The van der Waals surface area contributed by atoms with Gasteiger partial charge in [0.05, 0.1) is 23.5 Å². The molecular weight excluding hydrogens is 428 g/mol. The lowest BCUT2D eigenvalue weighted by Crippen LogP contribution is -2.39. The lowest BCUT2D eigenvalue weighted by molar-refractivity contribution is -0.122. The van der Waals surface area contributed by atoms with Gasteiger partial charge < -0.3 is 14.8 Å². The summed E-state index contributed by atoms with van der Waals surface area (Å²) in [6.07, 6.45) is 7.15. The fourth-order valence-corrected chi connectivity index (χ4v) is 3.64. The first-order chi connectivity index (χ1) is 15.5. The summed E-state index contributed by atoms with van der Waals surface area (Å²) in [7, 11) is 0. The maximum Gasteiger partial charge on any atom is 0.220 e.